The van der Waals surface area contributed by atoms with Crippen molar-refractivity contribution in [2.75, 3.05) is 13.2 Å². The molecular formula is C33H48O7. The van der Waals surface area contributed by atoms with Crippen molar-refractivity contribution < 1.29 is 34.0 Å². The van der Waals surface area contributed by atoms with Crippen molar-refractivity contribution in [1.29, 1.82) is 0 Å². The van der Waals surface area contributed by atoms with Gasteiger partial charge in [-0.15, -0.1) is 0 Å². The molecule has 2 bridgehead atoms. The standard InChI is InChI=1S/C33H48O7/c1-4-5-6-7-8-9-10-11-12-13-14-15-16-17-18-19-27(35)39-25-21-31(3)32(22-34)26(20-24(2)28(36)29(32)37)40-30(25)33(31)23-38-33/h5-6,8-9,11-12,20,25-26,29-30,34,37H,4,7,10,13-19,21-23H2,1-3H3/b6-5-,9-8-,12-11+/t25-,26-,29-,30-,31-,32-,33?/m1/s1. The summed E-state index contributed by atoms with van der Waals surface area (Å²) in [5, 5.41) is 21.7. The normalized spacial score (nSPS) is 36.6. The Morgan fingerprint density at radius 3 is 2.40 bits per heavy atom. The molecule has 40 heavy (non-hydrogen) atoms. The van der Waals surface area contributed by atoms with E-state index in [0.717, 1.165) is 57.8 Å². The molecule has 0 amide bonds. The first-order chi connectivity index (χ1) is 19.3. The first-order valence-electron chi connectivity index (χ1n) is 15.2. The minimum Gasteiger partial charge on any atom is -0.459 e. The van der Waals surface area contributed by atoms with E-state index in [1.165, 1.54) is 0 Å². The number of hydrogen-bond acceptors (Lipinski definition) is 7. The van der Waals surface area contributed by atoms with E-state index < -0.39 is 53.2 Å². The number of epoxide rings is 1. The maximum Gasteiger partial charge on any atom is 0.306 e. The van der Waals surface area contributed by atoms with Crippen molar-refractivity contribution in [2.24, 2.45) is 10.8 Å². The fraction of sp³-hybridized carbons (Fsp3) is 0.697. The van der Waals surface area contributed by atoms with Crippen LogP contribution in [0.3, 0.4) is 0 Å². The van der Waals surface area contributed by atoms with Gasteiger partial charge in [0.15, 0.2) is 5.78 Å². The molecule has 7 nitrogen and oxygen atoms in total. The Labute approximate surface area is 239 Å². The highest BCUT2D eigenvalue weighted by atomic mass is 16.7. The van der Waals surface area contributed by atoms with Crippen molar-refractivity contribution in [2.45, 2.75) is 121 Å². The summed E-state index contributed by atoms with van der Waals surface area (Å²) in [6, 6.07) is 0. The van der Waals surface area contributed by atoms with Crippen LogP contribution in [0.2, 0.25) is 0 Å². The molecule has 0 aromatic carbocycles. The number of ketones is 1. The van der Waals surface area contributed by atoms with Gasteiger partial charge in [0.2, 0.25) is 0 Å². The Hall–Kier alpha value is -2.06. The van der Waals surface area contributed by atoms with Crippen LogP contribution in [0.1, 0.15) is 91.4 Å². The first-order valence-corrected chi connectivity index (χ1v) is 15.2. The topological polar surface area (TPSA) is 106 Å². The Morgan fingerprint density at radius 2 is 1.73 bits per heavy atom. The summed E-state index contributed by atoms with van der Waals surface area (Å²) in [5.74, 6) is -0.657. The van der Waals surface area contributed by atoms with Crippen LogP contribution in [-0.4, -0.2) is 65.2 Å². The molecule has 1 spiro atoms. The van der Waals surface area contributed by atoms with Crippen molar-refractivity contribution in [1.82, 2.24) is 0 Å². The number of allylic oxidation sites excluding steroid dienone is 6. The third-order valence-corrected chi connectivity index (χ3v) is 9.73. The van der Waals surface area contributed by atoms with E-state index in [0.29, 0.717) is 25.0 Å². The quantitative estimate of drug-likeness (QED) is 0.122. The molecule has 3 fully saturated rings. The smallest absolute Gasteiger partial charge is 0.306 e. The van der Waals surface area contributed by atoms with Gasteiger partial charge in [-0.1, -0.05) is 69.6 Å². The van der Waals surface area contributed by atoms with E-state index in [-0.39, 0.29) is 5.97 Å². The fourth-order valence-corrected chi connectivity index (χ4v) is 7.21. The van der Waals surface area contributed by atoms with Crippen molar-refractivity contribution in [3.63, 3.8) is 0 Å². The lowest BCUT2D eigenvalue weighted by Crippen LogP contribution is -2.70. The summed E-state index contributed by atoms with van der Waals surface area (Å²) in [7, 11) is 0. The zero-order chi connectivity index (χ0) is 28.8. The van der Waals surface area contributed by atoms with Gasteiger partial charge in [-0.05, 0) is 63.5 Å². The lowest BCUT2D eigenvalue weighted by Gasteiger charge is -2.58. The van der Waals surface area contributed by atoms with Gasteiger partial charge in [0, 0.05) is 11.8 Å². The third kappa shape index (κ3) is 5.67. The minimum atomic E-state index is -1.40. The second-order valence-corrected chi connectivity index (χ2v) is 12.1. The maximum absolute atomic E-state index is 12.8. The second-order valence-electron chi connectivity index (χ2n) is 12.1. The number of fused-ring (bicyclic) bond motifs is 2. The predicted molar refractivity (Wildman–Crippen MR) is 154 cm³/mol. The molecule has 7 atom stereocenters. The zero-order valence-electron chi connectivity index (χ0n) is 24.5. The Morgan fingerprint density at radius 1 is 1.07 bits per heavy atom. The molecule has 2 N–H and O–H groups in total. The van der Waals surface area contributed by atoms with Gasteiger partial charge in [-0.2, -0.15) is 0 Å². The van der Waals surface area contributed by atoms with Crippen LogP contribution in [-0.2, 0) is 23.8 Å². The maximum atomic E-state index is 12.8. The number of esters is 1. The van der Waals surface area contributed by atoms with Crippen molar-refractivity contribution in [3.05, 3.63) is 48.1 Å². The van der Waals surface area contributed by atoms with Gasteiger partial charge in [0.05, 0.1) is 24.7 Å². The summed E-state index contributed by atoms with van der Waals surface area (Å²) in [6.07, 6.45) is 21.9. The lowest BCUT2D eigenvalue weighted by atomic mass is 9.50. The zero-order valence-corrected chi connectivity index (χ0v) is 24.5. The molecule has 1 unspecified atom stereocenters. The van der Waals surface area contributed by atoms with Gasteiger partial charge in [-0.25, -0.2) is 0 Å². The average molecular weight is 557 g/mol. The van der Waals surface area contributed by atoms with Gasteiger partial charge in [0.25, 0.3) is 0 Å². The van der Waals surface area contributed by atoms with E-state index in [2.05, 4.69) is 43.4 Å². The van der Waals surface area contributed by atoms with Crippen LogP contribution in [0.5, 0.6) is 0 Å². The summed E-state index contributed by atoms with van der Waals surface area (Å²) < 4.78 is 18.3. The monoisotopic (exact) mass is 556 g/mol. The third-order valence-electron chi connectivity index (χ3n) is 9.73. The largest absolute Gasteiger partial charge is 0.459 e. The number of aliphatic hydroxyl groups excluding tert-OH is 2. The van der Waals surface area contributed by atoms with E-state index in [9.17, 15) is 19.8 Å². The van der Waals surface area contributed by atoms with Crippen LogP contribution in [0.25, 0.3) is 0 Å². The summed E-state index contributed by atoms with van der Waals surface area (Å²) in [4.78, 5) is 25.5. The van der Waals surface area contributed by atoms with Gasteiger partial charge in [-0.3, -0.25) is 9.59 Å². The highest BCUT2D eigenvalue weighted by Gasteiger charge is 2.83. The summed E-state index contributed by atoms with van der Waals surface area (Å²) in [6.45, 7) is 5.70. The highest BCUT2D eigenvalue weighted by molar-refractivity contribution is 6.00. The molecule has 2 aliphatic carbocycles. The summed E-state index contributed by atoms with van der Waals surface area (Å²) in [5.41, 5.74) is -2.37. The molecule has 2 aliphatic heterocycles. The van der Waals surface area contributed by atoms with Crippen LogP contribution < -0.4 is 0 Å². The predicted octanol–water partition coefficient (Wildman–Crippen LogP) is 5.30. The molecule has 0 radical (unpaired) electrons. The molecule has 222 valence electrons. The number of hydrogen-bond donors (Lipinski definition) is 2. The SMILES string of the molecule is CC/C=C\C/C=C\C/C=C/CCCCCCCC(=O)O[C@@H]1C[C@@]2(C)C3(CO3)[C@@H]1O[C@@H]1C=C(C)C(=O)[C@@H](O)[C@@]12CO. The van der Waals surface area contributed by atoms with Gasteiger partial charge >= 0.3 is 5.97 Å². The molecule has 0 aromatic heterocycles. The van der Waals surface area contributed by atoms with Crippen LogP contribution in [0.4, 0.5) is 0 Å². The van der Waals surface area contributed by atoms with Gasteiger partial charge < -0.3 is 24.4 Å². The number of aliphatic hydroxyl groups is 2. The molecule has 2 heterocycles. The van der Waals surface area contributed by atoms with Gasteiger partial charge in [0.1, 0.15) is 23.9 Å². The Balaban J connectivity index is 1.18. The number of carbonyl (C=O) groups is 2. The van der Waals surface area contributed by atoms with Crippen molar-refractivity contribution >= 4 is 11.8 Å². The minimum absolute atomic E-state index is 0.258. The van der Waals surface area contributed by atoms with Crippen molar-refractivity contribution in [3.8, 4) is 0 Å². The fourth-order valence-electron chi connectivity index (χ4n) is 7.21. The van der Waals surface area contributed by atoms with Crippen LogP contribution in [0.15, 0.2) is 48.1 Å². The van der Waals surface area contributed by atoms with Crippen LogP contribution in [0, 0.1) is 10.8 Å². The van der Waals surface area contributed by atoms with E-state index in [1.54, 1.807) is 13.0 Å². The number of unbranched alkanes of at least 4 members (excludes halogenated alkanes) is 5. The highest BCUT2D eigenvalue weighted by Crippen LogP contribution is 2.71. The van der Waals surface area contributed by atoms with E-state index in [1.807, 2.05) is 6.92 Å². The summed E-state index contributed by atoms with van der Waals surface area (Å²) >= 11 is 0. The molecule has 4 rings (SSSR count). The average Bonchev–Trinajstić information content (AvgIpc) is 3.71. The number of carbonyl (C=O) groups excluding carboxylic acids is 2. The molecule has 1 saturated carbocycles. The molecule has 7 heteroatoms. The number of Topliss-reactive ketones (excluding diaryl/α,β-unsaturated/α-hetero) is 1. The second kappa shape index (κ2) is 13.3. The molecule has 4 aliphatic rings. The van der Waals surface area contributed by atoms with E-state index >= 15 is 0 Å². The molecular weight excluding hydrogens is 508 g/mol. The molecule has 0 aromatic rings. The van der Waals surface area contributed by atoms with E-state index in [4.69, 9.17) is 14.2 Å². The van der Waals surface area contributed by atoms with Crippen LogP contribution >= 0.6 is 0 Å². The first kappa shape index (κ1) is 30.9. The Kier molecular flexibility index (Phi) is 10.3. The number of rotatable bonds is 15. The lowest BCUT2D eigenvalue weighted by molar-refractivity contribution is -0.245. The number of ether oxygens (including phenoxy) is 3. The Bertz CT molecular complexity index is 1020. The molecule has 2 saturated heterocycles.